The summed E-state index contributed by atoms with van der Waals surface area (Å²) in [5, 5.41) is 3.58. The average molecular weight is 290 g/mol. The molecule has 0 saturated carbocycles. The average Bonchev–Trinajstić information content (AvgIpc) is 2.78. The number of hydrogen-bond donors (Lipinski definition) is 1. The van der Waals surface area contributed by atoms with Crippen molar-refractivity contribution < 1.29 is 0 Å². The van der Waals surface area contributed by atoms with Gasteiger partial charge in [-0.1, -0.05) is 6.92 Å². The van der Waals surface area contributed by atoms with Gasteiger partial charge in [0.2, 0.25) is 0 Å². The van der Waals surface area contributed by atoms with Crippen molar-refractivity contribution in [3.05, 3.63) is 24.0 Å². The normalized spacial score (nSPS) is 23.1. The topological polar surface area (TPSA) is 31.4 Å². The first kappa shape index (κ1) is 16.2. The standard InChI is InChI=1S/C17H30N4/c1-13-11-21(12-16(13)20(5)6)15-10-18-8-7-14(15)9-19-17(2,3)4/h7-8,10,13,16,19H,9,11-12H2,1-6H3. The van der Waals surface area contributed by atoms with Crippen LogP contribution in [0.1, 0.15) is 33.3 Å². The first-order valence-corrected chi connectivity index (χ1v) is 7.87. The Labute approximate surface area is 129 Å². The molecule has 0 spiro atoms. The first-order valence-electron chi connectivity index (χ1n) is 7.87. The maximum Gasteiger partial charge on any atom is 0.0599 e. The Morgan fingerprint density at radius 2 is 2.05 bits per heavy atom. The van der Waals surface area contributed by atoms with Crippen molar-refractivity contribution in [2.75, 3.05) is 32.1 Å². The number of anilines is 1. The Bertz CT molecular complexity index is 464. The monoisotopic (exact) mass is 290 g/mol. The summed E-state index contributed by atoms with van der Waals surface area (Å²) in [7, 11) is 4.35. The van der Waals surface area contributed by atoms with Crippen molar-refractivity contribution in [3.8, 4) is 0 Å². The van der Waals surface area contributed by atoms with Gasteiger partial charge in [-0.3, -0.25) is 4.98 Å². The van der Waals surface area contributed by atoms with Gasteiger partial charge < -0.3 is 15.1 Å². The predicted molar refractivity (Wildman–Crippen MR) is 89.7 cm³/mol. The van der Waals surface area contributed by atoms with Crippen LogP contribution in [0.4, 0.5) is 5.69 Å². The molecule has 2 heterocycles. The van der Waals surface area contributed by atoms with Gasteiger partial charge in [-0.2, -0.15) is 0 Å². The number of rotatable bonds is 4. The van der Waals surface area contributed by atoms with Crippen molar-refractivity contribution >= 4 is 5.69 Å². The van der Waals surface area contributed by atoms with Crippen LogP contribution in [0.3, 0.4) is 0 Å². The molecule has 21 heavy (non-hydrogen) atoms. The van der Waals surface area contributed by atoms with Crippen molar-refractivity contribution in [2.45, 2.75) is 45.8 Å². The van der Waals surface area contributed by atoms with E-state index >= 15 is 0 Å². The largest absolute Gasteiger partial charge is 0.368 e. The van der Waals surface area contributed by atoms with Gasteiger partial charge in [-0.25, -0.2) is 0 Å². The van der Waals surface area contributed by atoms with E-state index in [1.807, 2.05) is 12.4 Å². The van der Waals surface area contributed by atoms with Gasteiger partial charge in [0.05, 0.1) is 11.9 Å². The second kappa shape index (κ2) is 6.32. The fraction of sp³-hybridized carbons (Fsp3) is 0.706. The molecule has 2 atom stereocenters. The van der Waals surface area contributed by atoms with Crippen LogP contribution in [0.25, 0.3) is 0 Å². The molecular formula is C17H30N4. The van der Waals surface area contributed by atoms with E-state index in [9.17, 15) is 0 Å². The summed E-state index contributed by atoms with van der Waals surface area (Å²) < 4.78 is 0. The lowest BCUT2D eigenvalue weighted by molar-refractivity contribution is 0.266. The third kappa shape index (κ3) is 4.17. The van der Waals surface area contributed by atoms with E-state index in [2.05, 4.69) is 68.0 Å². The Kier molecular flexibility index (Phi) is 4.89. The molecule has 0 radical (unpaired) electrons. The molecule has 1 saturated heterocycles. The van der Waals surface area contributed by atoms with Gasteiger partial charge in [0.25, 0.3) is 0 Å². The number of pyridine rings is 1. The molecule has 0 aromatic carbocycles. The summed E-state index contributed by atoms with van der Waals surface area (Å²) >= 11 is 0. The highest BCUT2D eigenvalue weighted by Crippen LogP contribution is 2.28. The Morgan fingerprint density at radius 1 is 1.33 bits per heavy atom. The number of likely N-dealkylation sites (N-methyl/N-ethyl adjacent to an activating group) is 1. The number of aromatic nitrogens is 1. The van der Waals surface area contributed by atoms with Gasteiger partial charge in [0.15, 0.2) is 0 Å². The minimum Gasteiger partial charge on any atom is -0.368 e. The van der Waals surface area contributed by atoms with Crippen LogP contribution in [0.15, 0.2) is 18.5 Å². The summed E-state index contributed by atoms with van der Waals surface area (Å²) in [4.78, 5) is 9.18. The summed E-state index contributed by atoms with van der Waals surface area (Å²) in [6.07, 6.45) is 3.91. The smallest absolute Gasteiger partial charge is 0.0599 e. The Balaban J connectivity index is 2.13. The third-order valence-electron chi connectivity index (χ3n) is 4.27. The second-order valence-corrected chi connectivity index (χ2v) is 7.52. The van der Waals surface area contributed by atoms with Crippen LogP contribution in [0.2, 0.25) is 0 Å². The lowest BCUT2D eigenvalue weighted by Crippen LogP contribution is -2.36. The lowest BCUT2D eigenvalue weighted by Gasteiger charge is -2.26. The highest BCUT2D eigenvalue weighted by atomic mass is 15.2. The van der Waals surface area contributed by atoms with Crippen LogP contribution in [-0.4, -0.2) is 48.6 Å². The van der Waals surface area contributed by atoms with E-state index in [-0.39, 0.29) is 5.54 Å². The SMILES string of the molecule is CC1CN(c2cnccc2CNC(C)(C)C)CC1N(C)C. The van der Waals surface area contributed by atoms with Crippen LogP contribution < -0.4 is 10.2 Å². The van der Waals surface area contributed by atoms with Crippen molar-refractivity contribution in [2.24, 2.45) is 5.92 Å². The Hall–Kier alpha value is -1.13. The molecule has 1 aliphatic heterocycles. The van der Waals surface area contributed by atoms with Gasteiger partial charge in [-0.05, 0) is 52.4 Å². The van der Waals surface area contributed by atoms with E-state index in [1.165, 1.54) is 11.3 Å². The van der Waals surface area contributed by atoms with E-state index in [1.54, 1.807) is 0 Å². The van der Waals surface area contributed by atoms with Crippen molar-refractivity contribution in [3.63, 3.8) is 0 Å². The number of nitrogens with zero attached hydrogens (tertiary/aromatic N) is 3. The Morgan fingerprint density at radius 3 is 2.62 bits per heavy atom. The highest BCUT2D eigenvalue weighted by molar-refractivity contribution is 5.53. The van der Waals surface area contributed by atoms with Gasteiger partial charge in [0.1, 0.15) is 0 Å². The van der Waals surface area contributed by atoms with E-state index < -0.39 is 0 Å². The van der Waals surface area contributed by atoms with Crippen molar-refractivity contribution in [1.82, 2.24) is 15.2 Å². The molecule has 0 aliphatic carbocycles. The minimum atomic E-state index is 0.130. The van der Waals surface area contributed by atoms with Crippen LogP contribution in [0, 0.1) is 5.92 Å². The molecule has 1 aliphatic rings. The lowest BCUT2D eigenvalue weighted by atomic mass is 10.1. The number of nitrogens with one attached hydrogen (secondary N) is 1. The third-order valence-corrected chi connectivity index (χ3v) is 4.27. The quantitative estimate of drug-likeness (QED) is 0.922. The second-order valence-electron chi connectivity index (χ2n) is 7.52. The molecule has 1 aromatic rings. The molecule has 2 rings (SSSR count). The number of hydrogen-bond acceptors (Lipinski definition) is 4. The molecule has 1 N–H and O–H groups in total. The zero-order valence-electron chi connectivity index (χ0n) is 14.3. The maximum absolute atomic E-state index is 4.35. The summed E-state index contributed by atoms with van der Waals surface area (Å²) in [5.41, 5.74) is 2.75. The molecule has 0 amide bonds. The zero-order valence-corrected chi connectivity index (χ0v) is 14.3. The molecule has 0 bridgehead atoms. The zero-order chi connectivity index (χ0) is 15.6. The molecule has 4 nitrogen and oxygen atoms in total. The summed E-state index contributed by atoms with van der Waals surface area (Å²) in [5.74, 6) is 0.684. The highest BCUT2D eigenvalue weighted by Gasteiger charge is 2.32. The molecular weight excluding hydrogens is 260 g/mol. The molecule has 4 heteroatoms. The molecule has 118 valence electrons. The van der Waals surface area contributed by atoms with Gasteiger partial charge in [0, 0.05) is 37.4 Å². The van der Waals surface area contributed by atoms with E-state index in [0.29, 0.717) is 12.0 Å². The van der Waals surface area contributed by atoms with Crippen LogP contribution >= 0.6 is 0 Å². The van der Waals surface area contributed by atoms with E-state index in [0.717, 1.165) is 19.6 Å². The predicted octanol–water partition coefficient (Wildman–Crippen LogP) is 2.36. The summed E-state index contributed by atoms with van der Waals surface area (Å²) in [6, 6.07) is 2.76. The van der Waals surface area contributed by atoms with Crippen molar-refractivity contribution in [1.29, 1.82) is 0 Å². The molecule has 2 unspecified atom stereocenters. The van der Waals surface area contributed by atoms with Crippen LogP contribution in [0.5, 0.6) is 0 Å². The fourth-order valence-electron chi connectivity index (χ4n) is 3.03. The minimum absolute atomic E-state index is 0.130. The maximum atomic E-state index is 4.35. The first-order chi connectivity index (χ1) is 9.78. The van der Waals surface area contributed by atoms with E-state index in [4.69, 9.17) is 0 Å². The van der Waals surface area contributed by atoms with Gasteiger partial charge >= 0.3 is 0 Å². The summed E-state index contributed by atoms with van der Waals surface area (Å²) in [6.45, 7) is 12.0. The van der Waals surface area contributed by atoms with Gasteiger partial charge in [-0.15, -0.1) is 0 Å². The fourth-order valence-corrected chi connectivity index (χ4v) is 3.03. The molecule has 1 fully saturated rings. The van der Waals surface area contributed by atoms with Crippen LogP contribution in [-0.2, 0) is 6.54 Å². The molecule has 1 aromatic heterocycles.